The molecule has 0 spiro atoms. The first-order chi connectivity index (χ1) is 6.86. The lowest BCUT2D eigenvalue weighted by molar-refractivity contribution is 0.0490. The van der Waals surface area contributed by atoms with E-state index in [0.717, 1.165) is 6.07 Å². The summed E-state index contributed by atoms with van der Waals surface area (Å²) in [6.45, 7) is 3.30. The van der Waals surface area contributed by atoms with Gasteiger partial charge in [-0.15, -0.1) is 0 Å². The van der Waals surface area contributed by atoms with Crippen LogP contribution in [0.2, 0.25) is 0 Å². The van der Waals surface area contributed by atoms with E-state index in [2.05, 4.69) is 4.74 Å². The highest BCUT2D eigenvalue weighted by molar-refractivity contribution is 7.59. The number of rotatable bonds is 3. The van der Waals surface area contributed by atoms with Gasteiger partial charge in [0.25, 0.3) is 0 Å². The fourth-order valence-corrected chi connectivity index (χ4v) is 1.58. The summed E-state index contributed by atoms with van der Waals surface area (Å²) in [6, 6.07) is 1.13. The molecule has 1 aromatic rings. The van der Waals surface area contributed by atoms with Gasteiger partial charge in [-0.2, -0.15) is 0 Å². The summed E-state index contributed by atoms with van der Waals surface area (Å²) in [5.41, 5.74) is -0.185. The number of hydrogen-bond donors (Lipinski definition) is 2. The highest BCUT2D eigenvalue weighted by Crippen LogP contribution is 2.34. The average Bonchev–Trinajstić information content (AvgIpc) is 2.47. The normalized spacial score (nSPS) is 11.5. The molecule has 6 nitrogen and oxygen atoms in total. The van der Waals surface area contributed by atoms with Crippen molar-refractivity contribution in [1.82, 2.24) is 0 Å². The second kappa shape index (κ2) is 4.18. The molecule has 0 unspecified atom stereocenters. The monoisotopic (exact) mass is 234 g/mol. The van der Waals surface area contributed by atoms with E-state index in [4.69, 9.17) is 14.2 Å². The van der Waals surface area contributed by atoms with E-state index >= 15 is 0 Å². The van der Waals surface area contributed by atoms with Crippen LogP contribution >= 0.6 is 7.60 Å². The molecule has 15 heavy (non-hydrogen) atoms. The van der Waals surface area contributed by atoms with Gasteiger partial charge in [-0.05, 0) is 19.9 Å². The van der Waals surface area contributed by atoms with Crippen molar-refractivity contribution in [2.75, 3.05) is 6.61 Å². The fraction of sp³-hybridized carbons (Fsp3) is 0.375. The molecule has 0 fully saturated rings. The van der Waals surface area contributed by atoms with Crippen LogP contribution < -0.4 is 5.50 Å². The van der Waals surface area contributed by atoms with Crippen LogP contribution in [0.3, 0.4) is 0 Å². The molecule has 0 saturated carbocycles. The van der Waals surface area contributed by atoms with Gasteiger partial charge >= 0.3 is 13.6 Å². The Labute approximate surface area is 86.0 Å². The van der Waals surface area contributed by atoms with Gasteiger partial charge in [-0.25, -0.2) is 4.79 Å². The third-order valence-corrected chi connectivity index (χ3v) is 2.45. The van der Waals surface area contributed by atoms with Crippen LogP contribution in [0.15, 0.2) is 10.5 Å². The van der Waals surface area contributed by atoms with Crippen LogP contribution in [-0.2, 0) is 9.30 Å². The molecule has 0 amide bonds. The first-order valence-electron chi connectivity index (χ1n) is 4.20. The first kappa shape index (κ1) is 12.0. The van der Waals surface area contributed by atoms with Crippen molar-refractivity contribution in [3.8, 4) is 0 Å². The number of hydrogen-bond acceptors (Lipinski definition) is 4. The highest BCUT2D eigenvalue weighted by Gasteiger charge is 2.26. The number of carbonyl (C=O) groups excluding carboxylic acids is 1. The standard InChI is InChI=1S/C8H11O6P/c1-3-13-8(9)7-5(2)4-6(14-7)15(10,11)12/h4H,3H2,1-2H3,(H2,10,11,12). The number of furan rings is 1. The zero-order valence-corrected chi connectivity index (χ0v) is 9.15. The molecule has 1 rings (SSSR count). The molecule has 0 aliphatic rings. The minimum atomic E-state index is -4.46. The minimum Gasteiger partial charge on any atom is -0.460 e. The molecule has 7 heteroatoms. The Kier molecular flexibility index (Phi) is 3.34. The maximum atomic E-state index is 11.2. The van der Waals surface area contributed by atoms with Crippen molar-refractivity contribution in [3.63, 3.8) is 0 Å². The van der Waals surface area contributed by atoms with E-state index in [1.165, 1.54) is 6.92 Å². The average molecular weight is 234 g/mol. The summed E-state index contributed by atoms with van der Waals surface area (Å²) in [5.74, 6) is -0.898. The van der Waals surface area contributed by atoms with Crippen LogP contribution in [0.4, 0.5) is 0 Å². The van der Waals surface area contributed by atoms with Crippen LogP contribution in [0.1, 0.15) is 23.0 Å². The SMILES string of the molecule is CCOC(=O)c1oc(P(=O)(O)O)cc1C. The molecule has 2 N–H and O–H groups in total. The van der Waals surface area contributed by atoms with Gasteiger partial charge in [0.1, 0.15) is 0 Å². The van der Waals surface area contributed by atoms with Crippen molar-refractivity contribution < 1.29 is 28.3 Å². The van der Waals surface area contributed by atoms with E-state index in [1.54, 1.807) is 6.92 Å². The maximum Gasteiger partial charge on any atom is 0.391 e. The zero-order valence-electron chi connectivity index (χ0n) is 8.26. The molecular weight excluding hydrogens is 223 g/mol. The van der Waals surface area contributed by atoms with Crippen molar-refractivity contribution in [2.24, 2.45) is 0 Å². The Bertz CT molecular complexity index is 415. The summed E-state index contributed by atoms with van der Waals surface area (Å²) in [6.07, 6.45) is 0. The van der Waals surface area contributed by atoms with Gasteiger partial charge in [-0.3, -0.25) is 4.57 Å². The minimum absolute atomic E-state index is 0.171. The van der Waals surface area contributed by atoms with E-state index in [0.29, 0.717) is 5.56 Å². The molecule has 0 aromatic carbocycles. The fourth-order valence-electron chi connectivity index (χ4n) is 1.01. The molecule has 1 heterocycles. The molecule has 0 aliphatic carbocycles. The molecule has 84 valence electrons. The lowest BCUT2D eigenvalue weighted by Gasteiger charge is -1.99. The van der Waals surface area contributed by atoms with Crippen LogP contribution in [-0.4, -0.2) is 22.4 Å². The number of aryl methyl sites for hydroxylation is 1. The quantitative estimate of drug-likeness (QED) is 0.586. The lowest BCUT2D eigenvalue weighted by Crippen LogP contribution is -2.05. The zero-order chi connectivity index (χ0) is 11.6. The Morgan fingerprint density at radius 3 is 2.60 bits per heavy atom. The molecule has 1 aromatic heterocycles. The van der Waals surface area contributed by atoms with E-state index in [9.17, 15) is 9.36 Å². The number of esters is 1. The third-order valence-electron chi connectivity index (χ3n) is 1.65. The van der Waals surface area contributed by atoms with E-state index in [-0.39, 0.29) is 12.4 Å². The van der Waals surface area contributed by atoms with Gasteiger partial charge in [0.2, 0.25) is 11.3 Å². The summed E-state index contributed by atoms with van der Waals surface area (Å²) in [4.78, 5) is 28.8. The summed E-state index contributed by atoms with van der Waals surface area (Å²) >= 11 is 0. The summed E-state index contributed by atoms with van der Waals surface area (Å²) in [7, 11) is -4.46. The van der Waals surface area contributed by atoms with Gasteiger partial charge in [0.15, 0.2) is 0 Å². The number of carbonyl (C=O) groups is 1. The molecule has 0 bridgehead atoms. The van der Waals surface area contributed by atoms with Gasteiger partial charge < -0.3 is 18.9 Å². The lowest BCUT2D eigenvalue weighted by atomic mass is 10.3. The van der Waals surface area contributed by atoms with Crippen molar-refractivity contribution in [1.29, 1.82) is 0 Å². The maximum absolute atomic E-state index is 11.2. The Hall–Kier alpha value is -1.10. The van der Waals surface area contributed by atoms with Gasteiger partial charge in [0.05, 0.1) is 6.61 Å². The second-order valence-electron chi connectivity index (χ2n) is 2.86. The van der Waals surface area contributed by atoms with Gasteiger partial charge in [0, 0.05) is 5.56 Å². The largest absolute Gasteiger partial charge is 0.460 e. The van der Waals surface area contributed by atoms with Crippen molar-refractivity contribution in [3.05, 3.63) is 17.4 Å². The molecule has 0 atom stereocenters. The topological polar surface area (TPSA) is 97.0 Å². The Morgan fingerprint density at radius 1 is 1.60 bits per heavy atom. The third kappa shape index (κ3) is 2.68. The Balaban J connectivity index is 3.07. The first-order valence-corrected chi connectivity index (χ1v) is 5.81. The van der Waals surface area contributed by atoms with Crippen molar-refractivity contribution in [2.45, 2.75) is 13.8 Å². The molecule has 0 aliphatic heterocycles. The van der Waals surface area contributed by atoms with Crippen LogP contribution in [0, 0.1) is 6.92 Å². The van der Waals surface area contributed by atoms with Crippen molar-refractivity contribution >= 4 is 19.1 Å². The predicted octanol–water partition coefficient (Wildman–Crippen LogP) is 0.568. The summed E-state index contributed by atoms with van der Waals surface area (Å²) in [5, 5.41) is 0. The molecular formula is C8H11O6P. The summed E-state index contributed by atoms with van der Waals surface area (Å²) < 4.78 is 20.2. The molecule has 0 radical (unpaired) electrons. The second-order valence-corrected chi connectivity index (χ2v) is 4.39. The highest BCUT2D eigenvalue weighted by atomic mass is 31.2. The Morgan fingerprint density at radius 2 is 2.20 bits per heavy atom. The smallest absolute Gasteiger partial charge is 0.391 e. The van der Waals surface area contributed by atoms with E-state index in [1.807, 2.05) is 0 Å². The van der Waals surface area contributed by atoms with E-state index < -0.39 is 19.1 Å². The molecule has 0 saturated heterocycles. The predicted molar refractivity (Wildman–Crippen MR) is 51.1 cm³/mol. The number of ether oxygens (including phenoxy) is 1. The van der Waals surface area contributed by atoms with Crippen LogP contribution in [0.25, 0.3) is 0 Å². The van der Waals surface area contributed by atoms with Gasteiger partial charge in [-0.1, -0.05) is 0 Å². The van der Waals surface area contributed by atoms with Crippen LogP contribution in [0.5, 0.6) is 0 Å².